The number of ketones is 1. The van der Waals surface area contributed by atoms with Crippen molar-refractivity contribution in [2.45, 2.75) is 46.0 Å². The van der Waals surface area contributed by atoms with Gasteiger partial charge in [0.1, 0.15) is 12.1 Å². The van der Waals surface area contributed by atoms with Crippen LogP contribution in [0.3, 0.4) is 0 Å². The molecule has 0 heterocycles. The Bertz CT molecular complexity index is 284. The number of hydrogen-bond donors (Lipinski definition) is 0. The van der Waals surface area contributed by atoms with Gasteiger partial charge in [-0.3, -0.25) is 4.79 Å². The summed E-state index contributed by atoms with van der Waals surface area (Å²) in [5, 5.41) is 0. The van der Waals surface area contributed by atoms with E-state index in [4.69, 9.17) is 0 Å². The molecule has 0 saturated heterocycles. The highest BCUT2D eigenvalue weighted by molar-refractivity contribution is 5.83. The number of aldehydes is 1. The Morgan fingerprint density at radius 2 is 2.20 bits per heavy atom. The van der Waals surface area contributed by atoms with Gasteiger partial charge in [0, 0.05) is 18.3 Å². The summed E-state index contributed by atoms with van der Waals surface area (Å²) in [6, 6.07) is 0. The SMILES string of the molecule is C[C@H](C=O)C1CCC2C(=O)CCCC21C. The van der Waals surface area contributed by atoms with Gasteiger partial charge in [-0.2, -0.15) is 0 Å². The minimum absolute atomic E-state index is 0.117. The zero-order valence-electron chi connectivity index (χ0n) is 9.66. The standard InChI is InChI=1S/C13H20O2/c1-9(8-14)10-5-6-11-12(15)4-3-7-13(10,11)2/h8-11H,3-7H2,1-2H3/t9-,10?,11?,13?/m1/s1. The van der Waals surface area contributed by atoms with E-state index in [2.05, 4.69) is 6.92 Å². The van der Waals surface area contributed by atoms with Crippen LogP contribution in [0.25, 0.3) is 0 Å². The highest BCUT2D eigenvalue weighted by atomic mass is 16.1. The molecule has 0 aromatic rings. The summed E-state index contributed by atoms with van der Waals surface area (Å²) in [7, 11) is 0. The summed E-state index contributed by atoms with van der Waals surface area (Å²) in [6.45, 7) is 4.23. The second-order valence-electron chi connectivity index (χ2n) is 5.56. The second kappa shape index (κ2) is 3.73. The van der Waals surface area contributed by atoms with Crippen LogP contribution in [0.4, 0.5) is 0 Å². The van der Waals surface area contributed by atoms with Gasteiger partial charge in [0.2, 0.25) is 0 Å². The predicted octanol–water partition coefficient (Wildman–Crippen LogP) is 2.61. The van der Waals surface area contributed by atoms with Crippen LogP contribution in [0.1, 0.15) is 46.0 Å². The molecule has 0 N–H and O–H groups in total. The molecular weight excluding hydrogens is 188 g/mol. The summed E-state index contributed by atoms with van der Waals surface area (Å²) >= 11 is 0. The van der Waals surface area contributed by atoms with E-state index in [-0.39, 0.29) is 17.3 Å². The number of fused-ring (bicyclic) bond motifs is 1. The van der Waals surface area contributed by atoms with Crippen molar-refractivity contribution >= 4 is 12.1 Å². The molecule has 0 aromatic carbocycles. The van der Waals surface area contributed by atoms with Crippen LogP contribution in [0.15, 0.2) is 0 Å². The highest BCUT2D eigenvalue weighted by Crippen LogP contribution is 2.56. The van der Waals surface area contributed by atoms with Crippen molar-refractivity contribution in [3.63, 3.8) is 0 Å². The van der Waals surface area contributed by atoms with E-state index in [1.54, 1.807) is 0 Å². The maximum absolute atomic E-state index is 11.8. The van der Waals surface area contributed by atoms with Crippen molar-refractivity contribution in [2.75, 3.05) is 0 Å². The van der Waals surface area contributed by atoms with Crippen molar-refractivity contribution in [3.05, 3.63) is 0 Å². The smallest absolute Gasteiger partial charge is 0.136 e. The zero-order chi connectivity index (χ0) is 11.1. The van der Waals surface area contributed by atoms with E-state index in [9.17, 15) is 9.59 Å². The minimum Gasteiger partial charge on any atom is -0.303 e. The normalized spacial score (nSPS) is 42.4. The van der Waals surface area contributed by atoms with Crippen LogP contribution >= 0.6 is 0 Å². The Morgan fingerprint density at radius 1 is 1.47 bits per heavy atom. The third-order valence-corrected chi connectivity index (χ3v) is 4.79. The molecule has 2 rings (SSSR count). The fourth-order valence-electron chi connectivity index (χ4n) is 3.93. The molecule has 84 valence electrons. The Morgan fingerprint density at radius 3 is 2.87 bits per heavy atom. The van der Waals surface area contributed by atoms with Crippen molar-refractivity contribution in [3.8, 4) is 0 Å². The second-order valence-corrected chi connectivity index (χ2v) is 5.56. The number of Topliss-reactive ketones (excluding diaryl/α,β-unsaturated/α-hetero) is 1. The molecule has 2 saturated carbocycles. The van der Waals surface area contributed by atoms with E-state index in [1.165, 1.54) is 0 Å². The van der Waals surface area contributed by atoms with Gasteiger partial charge in [0.25, 0.3) is 0 Å². The predicted molar refractivity (Wildman–Crippen MR) is 58.4 cm³/mol. The first-order valence-electron chi connectivity index (χ1n) is 6.07. The molecule has 0 bridgehead atoms. The molecule has 0 spiro atoms. The molecule has 0 radical (unpaired) electrons. The molecule has 2 aliphatic rings. The van der Waals surface area contributed by atoms with E-state index in [0.29, 0.717) is 11.7 Å². The monoisotopic (exact) mass is 208 g/mol. The lowest BCUT2D eigenvalue weighted by molar-refractivity contribution is -0.131. The van der Waals surface area contributed by atoms with E-state index < -0.39 is 0 Å². The Labute approximate surface area is 91.4 Å². The maximum atomic E-state index is 11.8. The highest BCUT2D eigenvalue weighted by Gasteiger charge is 2.52. The summed E-state index contributed by atoms with van der Waals surface area (Å²) in [6.07, 6.45) is 6.06. The van der Waals surface area contributed by atoms with Crippen molar-refractivity contribution in [1.82, 2.24) is 0 Å². The van der Waals surface area contributed by atoms with E-state index in [1.807, 2.05) is 6.92 Å². The average molecular weight is 208 g/mol. The van der Waals surface area contributed by atoms with Crippen molar-refractivity contribution < 1.29 is 9.59 Å². The van der Waals surface area contributed by atoms with E-state index in [0.717, 1.165) is 38.4 Å². The Balaban J connectivity index is 2.24. The van der Waals surface area contributed by atoms with Gasteiger partial charge in [-0.05, 0) is 37.0 Å². The summed E-state index contributed by atoms with van der Waals surface area (Å²) in [5.74, 6) is 1.25. The zero-order valence-corrected chi connectivity index (χ0v) is 9.66. The maximum Gasteiger partial charge on any atom is 0.136 e. The lowest BCUT2D eigenvalue weighted by Gasteiger charge is -2.41. The van der Waals surface area contributed by atoms with Crippen LogP contribution < -0.4 is 0 Å². The van der Waals surface area contributed by atoms with Gasteiger partial charge >= 0.3 is 0 Å². The van der Waals surface area contributed by atoms with Crippen LogP contribution in [0.5, 0.6) is 0 Å². The van der Waals surface area contributed by atoms with Crippen LogP contribution in [0, 0.1) is 23.2 Å². The fraction of sp³-hybridized carbons (Fsp3) is 0.846. The third-order valence-electron chi connectivity index (χ3n) is 4.79. The van der Waals surface area contributed by atoms with E-state index >= 15 is 0 Å². The molecule has 3 unspecified atom stereocenters. The number of carbonyl (C=O) groups is 2. The molecule has 2 fully saturated rings. The summed E-state index contributed by atoms with van der Waals surface area (Å²) in [5.41, 5.74) is 0.121. The first-order valence-corrected chi connectivity index (χ1v) is 6.07. The molecule has 0 amide bonds. The Kier molecular flexibility index (Phi) is 2.70. The van der Waals surface area contributed by atoms with Gasteiger partial charge < -0.3 is 4.79 Å². The molecule has 0 aliphatic heterocycles. The number of carbonyl (C=O) groups excluding carboxylic acids is 2. The molecule has 15 heavy (non-hydrogen) atoms. The average Bonchev–Trinajstić information content (AvgIpc) is 2.56. The summed E-state index contributed by atoms with van der Waals surface area (Å²) < 4.78 is 0. The van der Waals surface area contributed by atoms with Gasteiger partial charge in [-0.1, -0.05) is 13.8 Å². The number of hydrogen-bond acceptors (Lipinski definition) is 2. The molecule has 2 heteroatoms. The van der Waals surface area contributed by atoms with Crippen molar-refractivity contribution in [1.29, 1.82) is 0 Å². The van der Waals surface area contributed by atoms with Crippen LogP contribution in [0.2, 0.25) is 0 Å². The van der Waals surface area contributed by atoms with Crippen molar-refractivity contribution in [2.24, 2.45) is 23.2 Å². The van der Waals surface area contributed by atoms with Gasteiger partial charge in [-0.15, -0.1) is 0 Å². The molecule has 4 atom stereocenters. The molecular formula is C13H20O2. The van der Waals surface area contributed by atoms with Crippen LogP contribution in [-0.4, -0.2) is 12.1 Å². The lowest BCUT2D eigenvalue weighted by atomic mass is 9.62. The third kappa shape index (κ3) is 1.54. The first-order chi connectivity index (χ1) is 7.09. The molecule has 2 nitrogen and oxygen atoms in total. The minimum atomic E-state index is 0.117. The fourth-order valence-corrected chi connectivity index (χ4v) is 3.93. The van der Waals surface area contributed by atoms with Crippen LogP contribution in [-0.2, 0) is 9.59 Å². The van der Waals surface area contributed by atoms with Gasteiger partial charge in [-0.25, -0.2) is 0 Å². The summed E-state index contributed by atoms with van der Waals surface area (Å²) in [4.78, 5) is 22.8. The topological polar surface area (TPSA) is 34.1 Å². The lowest BCUT2D eigenvalue weighted by Crippen LogP contribution is -2.39. The first kappa shape index (κ1) is 10.8. The number of rotatable bonds is 2. The van der Waals surface area contributed by atoms with Gasteiger partial charge in [0.15, 0.2) is 0 Å². The van der Waals surface area contributed by atoms with Gasteiger partial charge in [0.05, 0.1) is 0 Å². The Hall–Kier alpha value is -0.660. The quantitative estimate of drug-likeness (QED) is 0.654. The molecule has 0 aromatic heterocycles. The molecule has 2 aliphatic carbocycles. The largest absolute Gasteiger partial charge is 0.303 e.